The summed E-state index contributed by atoms with van der Waals surface area (Å²) >= 11 is 1.28. The minimum absolute atomic E-state index is 0.0394. The Kier molecular flexibility index (Phi) is 6.79. The lowest BCUT2D eigenvalue weighted by molar-refractivity contribution is -0.138. The van der Waals surface area contributed by atoms with Crippen LogP contribution in [-0.4, -0.2) is 28.1 Å². The summed E-state index contributed by atoms with van der Waals surface area (Å²) in [7, 11) is 0. The zero-order chi connectivity index (χ0) is 22.6. The predicted octanol–water partition coefficient (Wildman–Crippen LogP) is 4.01. The lowest BCUT2D eigenvalue weighted by atomic mass is 10.1. The van der Waals surface area contributed by atoms with Crippen molar-refractivity contribution in [3.63, 3.8) is 0 Å². The van der Waals surface area contributed by atoms with Gasteiger partial charge in [0.05, 0.1) is 21.8 Å². The summed E-state index contributed by atoms with van der Waals surface area (Å²) < 4.78 is 42.3. The molecule has 0 radical (unpaired) electrons. The quantitative estimate of drug-likeness (QED) is 0.571. The van der Waals surface area contributed by atoms with Gasteiger partial charge in [-0.25, -0.2) is 4.68 Å². The molecule has 1 aromatic carbocycles. The third-order valence-corrected chi connectivity index (χ3v) is 5.38. The maximum atomic E-state index is 13.6. The van der Waals surface area contributed by atoms with E-state index in [1.165, 1.54) is 28.2 Å². The molecule has 3 aromatic rings. The number of thiophene rings is 1. The molecular weight excluding hydrogens is 429 g/mol. The van der Waals surface area contributed by atoms with Crippen molar-refractivity contribution in [3.05, 3.63) is 69.2 Å². The zero-order valence-electron chi connectivity index (χ0n) is 16.9. The fraction of sp³-hybridized carbons (Fsp3) is 0.286. The Morgan fingerprint density at radius 2 is 1.90 bits per heavy atom. The Labute approximate surface area is 181 Å². The maximum absolute atomic E-state index is 13.6. The standard InChI is InChI=1S/C21H21F3N4O2S/c1-13-10-14(2)28(27-13)16-6-5-15(17(11-16)21(22,23)24)12-26-19(29)7-8-25-20(30)18-4-3-9-31-18/h3-6,9-11H,7-8,12H2,1-2H3,(H,25,30)(H,26,29). The van der Waals surface area contributed by atoms with Crippen molar-refractivity contribution in [1.29, 1.82) is 0 Å². The first kappa shape index (κ1) is 22.5. The minimum atomic E-state index is -4.58. The number of halogens is 3. The number of rotatable bonds is 7. The molecule has 0 aliphatic heterocycles. The number of nitrogens with one attached hydrogen (secondary N) is 2. The number of carbonyl (C=O) groups excluding carboxylic acids is 2. The van der Waals surface area contributed by atoms with Crippen LogP contribution in [0.3, 0.4) is 0 Å². The van der Waals surface area contributed by atoms with Gasteiger partial charge in [0.1, 0.15) is 0 Å². The molecular formula is C21H21F3N4O2S. The van der Waals surface area contributed by atoms with Crippen LogP contribution in [-0.2, 0) is 17.5 Å². The maximum Gasteiger partial charge on any atom is 0.416 e. The second kappa shape index (κ2) is 9.34. The third kappa shape index (κ3) is 5.72. The van der Waals surface area contributed by atoms with E-state index in [-0.39, 0.29) is 31.0 Å². The molecule has 0 spiro atoms. The van der Waals surface area contributed by atoms with Crippen LogP contribution in [0.15, 0.2) is 41.8 Å². The first-order valence-electron chi connectivity index (χ1n) is 9.47. The zero-order valence-corrected chi connectivity index (χ0v) is 17.7. The summed E-state index contributed by atoms with van der Waals surface area (Å²) in [6.45, 7) is 3.34. The molecule has 10 heteroatoms. The normalized spacial score (nSPS) is 11.4. The van der Waals surface area contributed by atoms with E-state index < -0.39 is 17.6 Å². The molecule has 2 aromatic heterocycles. The number of carbonyl (C=O) groups is 2. The fourth-order valence-electron chi connectivity index (χ4n) is 3.07. The molecule has 164 valence electrons. The van der Waals surface area contributed by atoms with E-state index >= 15 is 0 Å². The third-order valence-electron chi connectivity index (χ3n) is 4.51. The van der Waals surface area contributed by atoms with Gasteiger partial charge in [0, 0.05) is 25.2 Å². The van der Waals surface area contributed by atoms with Gasteiger partial charge in [-0.15, -0.1) is 11.3 Å². The molecule has 31 heavy (non-hydrogen) atoms. The number of amides is 2. The van der Waals surface area contributed by atoms with Crippen molar-refractivity contribution in [2.75, 3.05) is 6.54 Å². The second-order valence-electron chi connectivity index (χ2n) is 6.94. The van der Waals surface area contributed by atoms with E-state index in [0.29, 0.717) is 16.3 Å². The van der Waals surface area contributed by atoms with Gasteiger partial charge < -0.3 is 10.6 Å². The van der Waals surface area contributed by atoms with Crippen LogP contribution in [0.25, 0.3) is 5.69 Å². The first-order valence-corrected chi connectivity index (χ1v) is 10.4. The largest absolute Gasteiger partial charge is 0.416 e. The van der Waals surface area contributed by atoms with Gasteiger partial charge in [0.2, 0.25) is 5.91 Å². The Hall–Kier alpha value is -3.14. The van der Waals surface area contributed by atoms with Gasteiger partial charge in [0.25, 0.3) is 5.91 Å². The number of alkyl halides is 3. The lowest BCUT2D eigenvalue weighted by Crippen LogP contribution is -2.30. The molecule has 0 aliphatic carbocycles. The van der Waals surface area contributed by atoms with Crippen LogP contribution in [0.5, 0.6) is 0 Å². The van der Waals surface area contributed by atoms with Crippen LogP contribution in [0.4, 0.5) is 13.2 Å². The summed E-state index contributed by atoms with van der Waals surface area (Å²) in [4.78, 5) is 24.4. The van der Waals surface area contributed by atoms with E-state index in [1.54, 1.807) is 37.4 Å². The highest BCUT2D eigenvalue weighted by Crippen LogP contribution is 2.33. The Bertz CT molecular complexity index is 1070. The molecule has 0 bridgehead atoms. The minimum Gasteiger partial charge on any atom is -0.352 e. The van der Waals surface area contributed by atoms with Crippen LogP contribution >= 0.6 is 11.3 Å². The average molecular weight is 450 g/mol. The molecule has 6 nitrogen and oxygen atoms in total. The first-order chi connectivity index (χ1) is 14.6. The fourth-order valence-corrected chi connectivity index (χ4v) is 3.71. The SMILES string of the molecule is Cc1cc(C)n(-c2ccc(CNC(=O)CCNC(=O)c3cccs3)c(C(F)(F)F)c2)n1. The molecule has 2 amide bonds. The van der Waals surface area contributed by atoms with E-state index in [4.69, 9.17) is 0 Å². The van der Waals surface area contributed by atoms with Crippen LogP contribution in [0.1, 0.15) is 38.6 Å². The number of benzene rings is 1. The van der Waals surface area contributed by atoms with Crippen molar-refractivity contribution in [2.24, 2.45) is 0 Å². The smallest absolute Gasteiger partial charge is 0.352 e. The molecule has 0 fully saturated rings. The molecule has 2 N–H and O–H groups in total. The number of hydrogen-bond acceptors (Lipinski definition) is 4. The number of hydrogen-bond donors (Lipinski definition) is 2. The van der Waals surface area contributed by atoms with Crippen molar-refractivity contribution >= 4 is 23.2 Å². The van der Waals surface area contributed by atoms with Crippen molar-refractivity contribution in [1.82, 2.24) is 20.4 Å². The second-order valence-corrected chi connectivity index (χ2v) is 7.89. The summed E-state index contributed by atoms with van der Waals surface area (Å²) in [6.07, 6.45) is -4.62. The highest BCUT2D eigenvalue weighted by Gasteiger charge is 2.34. The topological polar surface area (TPSA) is 76.0 Å². The van der Waals surface area contributed by atoms with Gasteiger partial charge in [-0.3, -0.25) is 9.59 Å². The highest BCUT2D eigenvalue weighted by molar-refractivity contribution is 7.12. The summed E-state index contributed by atoms with van der Waals surface area (Å²) in [5.74, 6) is -0.746. The van der Waals surface area contributed by atoms with Crippen molar-refractivity contribution in [3.8, 4) is 5.69 Å². The summed E-state index contributed by atoms with van der Waals surface area (Å²) in [6, 6.07) is 9.09. The molecule has 0 unspecified atom stereocenters. The van der Waals surface area contributed by atoms with Gasteiger partial charge in [0.15, 0.2) is 0 Å². The van der Waals surface area contributed by atoms with Crippen LogP contribution in [0.2, 0.25) is 0 Å². The molecule has 2 heterocycles. The van der Waals surface area contributed by atoms with Gasteiger partial charge in [-0.2, -0.15) is 18.3 Å². The molecule has 0 saturated heterocycles. The van der Waals surface area contributed by atoms with Crippen molar-refractivity contribution < 1.29 is 22.8 Å². The van der Waals surface area contributed by atoms with Crippen LogP contribution < -0.4 is 10.6 Å². The monoisotopic (exact) mass is 450 g/mol. The molecule has 3 rings (SSSR count). The lowest BCUT2D eigenvalue weighted by Gasteiger charge is -2.16. The molecule has 0 aliphatic rings. The number of nitrogens with zero attached hydrogens (tertiary/aromatic N) is 2. The van der Waals surface area contributed by atoms with Gasteiger partial charge in [-0.1, -0.05) is 12.1 Å². The van der Waals surface area contributed by atoms with Gasteiger partial charge in [-0.05, 0) is 49.1 Å². The molecule has 0 saturated carbocycles. The number of aryl methyl sites for hydroxylation is 2. The Morgan fingerprint density at radius 3 is 2.52 bits per heavy atom. The predicted molar refractivity (Wildman–Crippen MR) is 111 cm³/mol. The molecule has 0 atom stereocenters. The summed E-state index contributed by atoms with van der Waals surface area (Å²) in [5, 5.41) is 11.1. The highest BCUT2D eigenvalue weighted by atomic mass is 32.1. The average Bonchev–Trinajstić information content (AvgIpc) is 3.35. The van der Waals surface area contributed by atoms with E-state index in [2.05, 4.69) is 15.7 Å². The van der Waals surface area contributed by atoms with E-state index in [0.717, 1.165) is 11.8 Å². The van der Waals surface area contributed by atoms with Crippen molar-refractivity contribution in [2.45, 2.75) is 33.0 Å². The van der Waals surface area contributed by atoms with E-state index in [1.807, 2.05) is 0 Å². The van der Waals surface area contributed by atoms with Crippen LogP contribution in [0, 0.1) is 13.8 Å². The Morgan fingerprint density at radius 1 is 1.13 bits per heavy atom. The van der Waals surface area contributed by atoms with E-state index in [9.17, 15) is 22.8 Å². The number of aromatic nitrogens is 2. The summed E-state index contributed by atoms with van der Waals surface area (Å²) in [5.41, 5.74) is 0.840. The van der Waals surface area contributed by atoms with Gasteiger partial charge >= 0.3 is 6.18 Å². The Balaban J connectivity index is 1.63.